The van der Waals surface area contributed by atoms with Gasteiger partial charge in [-0.15, -0.1) is 11.3 Å². The molecule has 0 saturated carbocycles. The molecule has 1 aromatic carbocycles. The largest absolute Gasteiger partial charge is 0.465 e. The summed E-state index contributed by atoms with van der Waals surface area (Å²) in [5.41, 5.74) is -0.620. The highest BCUT2D eigenvalue weighted by molar-refractivity contribution is 7.13. The fraction of sp³-hybridized carbons (Fsp3) is 0.0526. The molecule has 28 heavy (non-hydrogen) atoms. The number of hydrogen-bond acceptors (Lipinski definition) is 8. The molecule has 0 saturated heterocycles. The molecule has 2 aromatic heterocycles. The van der Waals surface area contributed by atoms with Crippen molar-refractivity contribution >= 4 is 40.1 Å². The van der Waals surface area contributed by atoms with Crippen LogP contribution in [0.25, 0.3) is 6.08 Å². The second-order valence-corrected chi connectivity index (χ2v) is 6.25. The second-order valence-electron chi connectivity index (χ2n) is 5.35. The molecule has 0 radical (unpaired) electrons. The van der Waals surface area contributed by atoms with Gasteiger partial charge in [-0.05, 0) is 24.3 Å². The first kappa shape index (κ1) is 19.1. The van der Waals surface area contributed by atoms with Gasteiger partial charge in [0.05, 0.1) is 7.11 Å². The van der Waals surface area contributed by atoms with Crippen LogP contribution in [0.5, 0.6) is 0 Å². The van der Waals surface area contributed by atoms with Crippen molar-refractivity contribution in [3.8, 4) is 0 Å². The number of aromatic nitrogens is 1. The second kappa shape index (κ2) is 8.78. The molecule has 8 nitrogen and oxygen atoms in total. The summed E-state index contributed by atoms with van der Waals surface area (Å²) in [7, 11) is 1.21. The van der Waals surface area contributed by atoms with E-state index in [9.17, 15) is 14.4 Å². The Bertz CT molecular complexity index is 1060. The van der Waals surface area contributed by atoms with Crippen molar-refractivity contribution in [1.82, 2.24) is 4.98 Å². The highest BCUT2D eigenvalue weighted by atomic mass is 32.1. The number of ether oxygens (including phenoxy) is 1. The first-order valence-corrected chi connectivity index (χ1v) is 8.92. The standard InChI is InChI=1S/C19H15N3O5S/c1-26-17(24)13-11-14(22-16(23)12-5-3-2-4-6-12)18(25)27-15(13)7-8-20-19-21-9-10-28-19/h2-11H,1H3,(H,20,21)(H,22,23)/b8-7+. The smallest absolute Gasteiger partial charge is 0.360 e. The lowest BCUT2D eigenvalue weighted by Crippen LogP contribution is -2.19. The van der Waals surface area contributed by atoms with Gasteiger partial charge in [0, 0.05) is 23.3 Å². The summed E-state index contributed by atoms with van der Waals surface area (Å²) in [5, 5.41) is 7.76. The topological polar surface area (TPSA) is 111 Å². The van der Waals surface area contributed by atoms with E-state index in [0.717, 1.165) is 0 Å². The Morgan fingerprint density at radius 1 is 1.25 bits per heavy atom. The number of carbonyl (C=O) groups excluding carboxylic acids is 2. The van der Waals surface area contributed by atoms with Gasteiger partial charge in [-0.2, -0.15) is 0 Å². The number of esters is 1. The average molecular weight is 397 g/mol. The van der Waals surface area contributed by atoms with Crippen molar-refractivity contribution in [3.05, 3.63) is 81.5 Å². The van der Waals surface area contributed by atoms with Crippen LogP contribution in [-0.4, -0.2) is 24.0 Å². The number of rotatable bonds is 6. The van der Waals surface area contributed by atoms with Crippen LogP contribution < -0.4 is 16.3 Å². The van der Waals surface area contributed by atoms with Gasteiger partial charge >= 0.3 is 11.6 Å². The normalized spacial score (nSPS) is 10.6. The summed E-state index contributed by atoms with van der Waals surface area (Å²) in [6.45, 7) is 0. The number of nitrogens with one attached hydrogen (secondary N) is 2. The molecule has 3 aromatic rings. The predicted molar refractivity (Wildman–Crippen MR) is 105 cm³/mol. The lowest BCUT2D eigenvalue weighted by atomic mass is 10.2. The van der Waals surface area contributed by atoms with Crippen LogP contribution in [0.1, 0.15) is 26.5 Å². The van der Waals surface area contributed by atoms with Gasteiger partial charge in [0.2, 0.25) is 0 Å². The summed E-state index contributed by atoms with van der Waals surface area (Å²) in [6, 6.07) is 9.57. The Morgan fingerprint density at radius 2 is 2.04 bits per heavy atom. The van der Waals surface area contributed by atoms with Crippen LogP contribution >= 0.6 is 11.3 Å². The van der Waals surface area contributed by atoms with E-state index in [-0.39, 0.29) is 17.0 Å². The lowest BCUT2D eigenvalue weighted by Gasteiger charge is -2.08. The molecule has 1 amide bonds. The number of nitrogens with zero attached hydrogens (tertiary/aromatic N) is 1. The summed E-state index contributed by atoms with van der Waals surface area (Å²) in [5.74, 6) is -1.23. The minimum atomic E-state index is -0.800. The first-order chi connectivity index (χ1) is 13.6. The maximum atomic E-state index is 12.3. The number of amides is 1. The molecule has 0 atom stereocenters. The van der Waals surface area contributed by atoms with Crippen molar-refractivity contribution in [3.63, 3.8) is 0 Å². The molecule has 0 aliphatic rings. The Hall–Kier alpha value is -3.72. The zero-order valence-electron chi connectivity index (χ0n) is 14.7. The predicted octanol–water partition coefficient (Wildman–Crippen LogP) is 3.22. The van der Waals surface area contributed by atoms with E-state index in [0.29, 0.717) is 10.7 Å². The van der Waals surface area contributed by atoms with E-state index in [1.807, 2.05) is 0 Å². The minimum Gasteiger partial charge on any atom is -0.465 e. The molecule has 0 bridgehead atoms. The Labute approximate surface area is 163 Å². The molecular formula is C19H15N3O5S. The maximum absolute atomic E-state index is 12.3. The summed E-state index contributed by atoms with van der Waals surface area (Å²) in [6.07, 6.45) is 4.51. The van der Waals surface area contributed by atoms with Gasteiger partial charge in [-0.3, -0.25) is 4.79 Å². The van der Waals surface area contributed by atoms with Crippen LogP contribution in [0.15, 0.2) is 63.4 Å². The van der Waals surface area contributed by atoms with E-state index in [1.165, 1.54) is 36.8 Å². The molecule has 142 valence electrons. The minimum absolute atomic E-state index is 0.0114. The zero-order chi connectivity index (χ0) is 19.9. The molecule has 0 unspecified atom stereocenters. The average Bonchev–Trinajstić information content (AvgIpc) is 3.23. The Balaban J connectivity index is 1.88. The summed E-state index contributed by atoms with van der Waals surface area (Å²) >= 11 is 1.38. The van der Waals surface area contributed by atoms with Gasteiger partial charge in [-0.1, -0.05) is 18.2 Å². The molecule has 9 heteroatoms. The molecule has 0 aliphatic heterocycles. The SMILES string of the molecule is COC(=O)c1cc(NC(=O)c2ccccc2)c(=O)oc1/C=C/Nc1nccs1. The number of anilines is 2. The van der Waals surface area contributed by atoms with Crippen LogP contribution in [-0.2, 0) is 4.74 Å². The molecule has 3 rings (SSSR count). The first-order valence-electron chi connectivity index (χ1n) is 8.04. The quantitative estimate of drug-likeness (QED) is 0.615. The van der Waals surface area contributed by atoms with Crippen molar-refractivity contribution in [2.24, 2.45) is 0 Å². The number of thiazole rings is 1. The molecule has 0 spiro atoms. The van der Waals surface area contributed by atoms with Crippen LogP contribution in [0.2, 0.25) is 0 Å². The van der Waals surface area contributed by atoms with Gasteiger partial charge in [-0.25, -0.2) is 14.6 Å². The van der Waals surface area contributed by atoms with E-state index >= 15 is 0 Å². The van der Waals surface area contributed by atoms with Crippen LogP contribution in [0, 0.1) is 0 Å². The van der Waals surface area contributed by atoms with E-state index < -0.39 is 17.5 Å². The van der Waals surface area contributed by atoms with Crippen LogP contribution in [0.4, 0.5) is 10.8 Å². The summed E-state index contributed by atoms with van der Waals surface area (Å²) < 4.78 is 9.94. The van der Waals surface area contributed by atoms with Gasteiger partial charge in [0.25, 0.3) is 5.91 Å². The summed E-state index contributed by atoms with van der Waals surface area (Å²) in [4.78, 5) is 40.7. The van der Waals surface area contributed by atoms with E-state index in [4.69, 9.17) is 9.15 Å². The zero-order valence-corrected chi connectivity index (χ0v) is 15.5. The maximum Gasteiger partial charge on any atom is 0.360 e. The molecule has 2 heterocycles. The molecule has 2 N–H and O–H groups in total. The molecular weight excluding hydrogens is 382 g/mol. The van der Waals surface area contributed by atoms with Gasteiger partial charge < -0.3 is 19.8 Å². The van der Waals surface area contributed by atoms with E-state index in [2.05, 4.69) is 15.6 Å². The highest BCUT2D eigenvalue weighted by Crippen LogP contribution is 2.17. The lowest BCUT2D eigenvalue weighted by molar-refractivity contribution is 0.0597. The monoisotopic (exact) mass is 397 g/mol. The Morgan fingerprint density at radius 3 is 2.71 bits per heavy atom. The number of methoxy groups -OCH3 is 1. The number of carbonyl (C=O) groups is 2. The Kier molecular flexibility index (Phi) is 5.97. The van der Waals surface area contributed by atoms with Crippen molar-refractivity contribution in [2.75, 3.05) is 17.7 Å². The fourth-order valence-electron chi connectivity index (χ4n) is 2.23. The third-order valence-electron chi connectivity index (χ3n) is 3.54. The molecule has 0 fully saturated rings. The third kappa shape index (κ3) is 4.51. The number of hydrogen-bond donors (Lipinski definition) is 2. The van der Waals surface area contributed by atoms with Gasteiger partial charge in [0.1, 0.15) is 17.0 Å². The van der Waals surface area contributed by atoms with Gasteiger partial charge in [0.15, 0.2) is 5.13 Å². The van der Waals surface area contributed by atoms with Crippen molar-refractivity contribution in [1.29, 1.82) is 0 Å². The van der Waals surface area contributed by atoms with Crippen molar-refractivity contribution < 1.29 is 18.7 Å². The highest BCUT2D eigenvalue weighted by Gasteiger charge is 2.18. The van der Waals surface area contributed by atoms with Crippen molar-refractivity contribution in [2.45, 2.75) is 0 Å². The number of benzene rings is 1. The fourth-order valence-corrected chi connectivity index (χ4v) is 2.74. The molecule has 0 aliphatic carbocycles. The third-order valence-corrected chi connectivity index (χ3v) is 4.24. The van der Waals surface area contributed by atoms with E-state index in [1.54, 1.807) is 41.9 Å². The van der Waals surface area contributed by atoms with Crippen LogP contribution in [0.3, 0.4) is 0 Å².